The van der Waals surface area contributed by atoms with Crippen LogP contribution in [-0.4, -0.2) is 41.0 Å². The van der Waals surface area contributed by atoms with Gasteiger partial charge in [-0.2, -0.15) is 0 Å². The minimum Gasteiger partial charge on any atom is -0.300 e. The summed E-state index contributed by atoms with van der Waals surface area (Å²) in [6.07, 6.45) is 2.01. The third kappa shape index (κ3) is 5.42. The second-order valence-corrected chi connectivity index (χ2v) is 9.39. The number of nitrogens with zero attached hydrogens (tertiary/aromatic N) is 6. The molecule has 0 aliphatic carbocycles. The molecular formula is C24H28N6S2. The molecule has 4 rings (SSSR count). The van der Waals surface area contributed by atoms with Crippen molar-refractivity contribution < 1.29 is 0 Å². The second-order valence-electron chi connectivity index (χ2n) is 7.27. The zero-order valence-electron chi connectivity index (χ0n) is 18.5. The standard InChI is InChI=1S/C24H28N6S2/c1-3-29-21(25-27-23(29)31-17-15-19-11-7-5-8-12-19)22-26-28-24(30(22)4-2)32-18-16-20-13-9-6-10-14-20/h5-14H,3-4,15-18H2,1-2H3. The van der Waals surface area contributed by atoms with E-state index in [0.29, 0.717) is 0 Å². The Bertz CT molecular complexity index is 1020. The third-order valence-electron chi connectivity index (χ3n) is 5.20. The first-order valence-corrected chi connectivity index (χ1v) is 13.0. The van der Waals surface area contributed by atoms with Gasteiger partial charge in [0.15, 0.2) is 10.3 Å². The summed E-state index contributed by atoms with van der Waals surface area (Å²) in [5, 5.41) is 19.8. The van der Waals surface area contributed by atoms with Gasteiger partial charge in [-0.3, -0.25) is 9.13 Å². The number of benzene rings is 2. The van der Waals surface area contributed by atoms with E-state index in [4.69, 9.17) is 0 Å². The third-order valence-corrected chi connectivity index (χ3v) is 7.13. The van der Waals surface area contributed by atoms with E-state index in [1.807, 2.05) is 0 Å². The molecule has 0 radical (unpaired) electrons. The summed E-state index contributed by atoms with van der Waals surface area (Å²) in [6, 6.07) is 21.1. The van der Waals surface area contributed by atoms with Crippen LogP contribution in [0.1, 0.15) is 25.0 Å². The molecule has 0 aliphatic rings. The molecule has 32 heavy (non-hydrogen) atoms. The summed E-state index contributed by atoms with van der Waals surface area (Å²) in [4.78, 5) is 0. The molecule has 0 unspecified atom stereocenters. The number of hydrogen-bond acceptors (Lipinski definition) is 6. The highest BCUT2D eigenvalue weighted by atomic mass is 32.2. The van der Waals surface area contributed by atoms with Crippen LogP contribution in [0.25, 0.3) is 11.6 Å². The van der Waals surface area contributed by atoms with Gasteiger partial charge in [0.1, 0.15) is 0 Å². The lowest BCUT2D eigenvalue weighted by atomic mass is 10.2. The normalized spacial score (nSPS) is 11.2. The smallest absolute Gasteiger partial charge is 0.202 e. The highest BCUT2D eigenvalue weighted by molar-refractivity contribution is 7.99. The van der Waals surface area contributed by atoms with Crippen molar-refractivity contribution in [3.63, 3.8) is 0 Å². The highest BCUT2D eigenvalue weighted by Gasteiger charge is 2.20. The molecule has 2 aromatic heterocycles. The van der Waals surface area contributed by atoms with Gasteiger partial charge in [-0.25, -0.2) is 0 Å². The van der Waals surface area contributed by atoms with E-state index < -0.39 is 0 Å². The molecule has 2 aromatic carbocycles. The van der Waals surface area contributed by atoms with Crippen molar-refractivity contribution in [3.8, 4) is 11.6 Å². The summed E-state index contributed by atoms with van der Waals surface area (Å²) in [6.45, 7) is 5.83. The van der Waals surface area contributed by atoms with Crippen LogP contribution in [0.5, 0.6) is 0 Å². The van der Waals surface area contributed by atoms with Gasteiger partial charge in [0, 0.05) is 24.6 Å². The van der Waals surface area contributed by atoms with Crippen LogP contribution in [0.3, 0.4) is 0 Å². The molecule has 4 aromatic rings. The Morgan fingerprint density at radius 3 is 1.38 bits per heavy atom. The number of aromatic nitrogens is 6. The quantitative estimate of drug-likeness (QED) is 0.283. The van der Waals surface area contributed by atoms with Gasteiger partial charge in [0.2, 0.25) is 11.6 Å². The SMILES string of the molecule is CCn1c(SCCc2ccccc2)nnc1-c1nnc(SCCc2ccccc2)n1CC. The highest BCUT2D eigenvalue weighted by Crippen LogP contribution is 2.27. The Morgan fingerprint density at radius 2 is 1.00 bits per heavy atom. The molecule has 0 amide bonds. The molecule has 0 fully saturated rings. The molecule has 0 spiro atoms. The molecule has 0 saturated carbocycles. The largest absolute Gasteiger partial charge is 0.300 e. The molecule has 0 aliphatic heterocycles. The van der Waals surface area contributed by atoms with Crippen LogP contribution in [-0.2, 0) is 25.9 Å². The van der Waals surface area contributed by atoms with Gasteiger partial charge in [0.25, 0.3) is 0 Å². The van der Waals surface area contributed by atoms with Crippen molar-refractivity contribution in [2.45, 2.75) is 50.1 Å². The van der Waals surface area contributed by atoms with Crippen LogP contribution >= 0.6 is 23.5 Å². The summed E-state index contributed by atoms with van der Waals surface area (Å²) in [7, 11) is 0. The van der Waals surface area contributed by atoms with E-state index in [2.05, 4.69) is 104 Å². The molecule has 0 atom stereocenters. The maximum Gasteiger partial charge on any atom is 0.202 e. The van der Waals surface area contributed by atoms with Crippen molar-refractivity contribution in [2.75, 3.05) is 11.5 Å². The molecule has 8 heteroatoms. The lowest BCUT2D eigenvalue weighted by molar-refractivity contribution is 0.658. The Labute approximate surface area is 197 Å². The van der Waals surface area contributed by atoms with Gasteiger partial charge >= 0.3 is 0 Å². The molecule has 6 nitrogen and oxygen atoms in total. The average molecular weight is 465 g/mol. The summed E-state index contributed by atoms with van der Waals surface area (Å²) in [5.41, 5.74) is 2.68. The summed E-state index contributed by atoms with van der Waals surface area (Å²) >= 11 is 3.48. The van der Waals surface area contributed by atoms with Gasteiger partial charge in [-0.05, 0) is 37.8 Å². The van der Waals surface area contributed by atoms with E-state index in [1.54, 1.807) is 23.5 Å². The minimum atomic E-state index is 0.791. The fourth-order valence-corrected chi connectivity index (χ4v) is 5.48. The summed E-state index contributed by atoms with van der Waals surface area (Å²) in [5.74, 6) is 3.50. The fraction of sp³-hybridized carbons (Fsp3) is 0.333. The number of hydrogen-bond donors (Lipinski definition) is 0. The number of aryl methyl sites for hydroxylation is 2. The van der Waals surface area contributed by atoms with Crippen molar-refractivity contribution in [1.82, 2.24) is 29.5 Å². The van der Waals surface area contributed by atoms with E-state index >= 15 is 0 Å². The van der Waals surface area contributed by atoms with Crippen molar-refractivity contribution in [2.24, 2.45) is 0 Å². The average Bonchev–Trinajstić information content (AvgIpc) is 3.43. The minimum absolute atomic E-state index is 0.791. The lowest BCUT2D eigenvalue weighted by Gasteiger charge is -2.09. The van der Waals surface area contributed by atoms with Gasteiger partial charge in [0.05, 0.1) is 0 Å². The predicted molar refractivity (Wildman–Crippen MR) is 132 cm³/mol. The zero-order chi connectivity index (χ0) is 22.2. The predicted octanol–water partition coefficient (Wildman–Crippen LogP) is 5.25. The van der Waals surface area contributed by atoms with Crippen molar-refractivity contribution in [1.29, 1.82) is 0 Å². The Hall–Kier alpha value is -2.58. The van der Waals surface area contributed by atoms with Crippen LogP contribution in [0.2, 0.25) is 0 Å². The molecular weight excluding hydrogens is 436 g/mol. The van der Waals surface area contributed by atoms with E-state index in [0.717, 1.165) is 59.4 Å². The summed E-state index contributed by atoms with van der Waals surface area (Å²) < 4.78 is 4.29. The van der Waals surface area contributed by atoms with E-state index in [-0.39, 0.29) is 0 Å². The van der Waals surface area contributed by atoms with Gasteiger partial charge in [-0.1, -0.05) is 84.2 Å². The first kappa shape index (κ1) is 22.6. The maximum absolute atomic E-state index is 4.49. The maximum atomic E-state index is 4.49. The Kier molecular flexibility index (Phi) is 8.01. The van der Waals surface area contributed by atoms with Gasteiger partial charge < -0.3 is 0 Å². The van der Waals surface area contributed by atoms with Crippen LogP contribution in [0.4, 0.5) is 0 Å². The van der Waals surface area contributed by atoms with E-state index in [9.17, 15) is 0 Å². The first-order valence-electron chi connectivity index (χ1n) is 11.0. The molecule has 0 bridgehead atoms. The Morgan fingerprint density at radius 1 is 0.594 bits per heavy atom. The number of rotatable bonds is 11. The molecule has 0 saturated heterocycles. The topological polar surface area (TPSA) is 61.4 Å². The number of thioether (sulfide) groups is 2. The lowest BCUT2D eigenvalue weighted by Crippen LogP contribution is -2.06. The van der Waals surface area contributed by atoms with E-state index in [1.165, 1.54) is 11.1 Å². The monoisotopic (exact) mass is 464 g/mol. The Balaban J connectivity index is 1.44. The second kappa shape index (κ2) is 11.3. The molecule has 166 valence electrons. The zero-order valence-corrected chi connectivity index (χ0v) is 20.1. The van der Waals surface area contributed by atoms with Crippen molar-refractivity contribution >= 4 is 23.5 Å². The van der Waals surface area contributed by atoms with Crippen LogP contribution in [0, 0.1) is 0 Å². The molecule has 2 heterocycles. The molecule has 0 N–H and O–H groups in total. The first-order chi connectivity index (χ1) is 15.8. The van der Waals surface area contributed by atoms with Gasteiger partial charge in [-0.15, -0.1) is 20.4 Å². The van der Waals surface area contributed by atoms with Crippen LogP contribution < -0.4 is 0 Å². The van der Waals surface area contributed by atoms with Crippen LogP contribution in [0.15, 0.2) is 71.0 Å². The fourth-order valence-electron chi connectivity index (χ4n) is 3.50. The van der Waals surface area contributed by atoms with Crippen molar-refractivity contribution in [3.05, 3.63) is 71.8 Å².